The Kier molecular flexibility index (Phi) is 4.67. The van der Waals surface area contributed by atoms with Gasteiger partial charge in [0.05, 0.1) is 0 Å². The summed E-state index contributed by atoms with van der Waals surface area (Å²) in [5.74, 6) is 0.839. The first-order valence-corrected chi connectivity index (χ1v) is 6.11. The Labute approximate surface area is 89.0 Å². The van der Waals surface area contributed by atoms with Crippen LogP contribution in [0.15, 0.2) is 11.6 Å². The molecule has 0 bridgehead atoms. The first kappa shape index (κ1) is 11.8. The SMILES string of the molecule is C/C=C(\C)C1CC1N[C@@H](CC)CCC. The van der Waals surface area contributed by atoms with Crippen molar-refractivity contribution in [2.75, 3.05) is 0 Å². The third kappa shape index (κ3) is 3.13. The lowest BCUT2D eigenvalue weighted by atomic mass is 10.1. The fourth-order valence-electron chi connectivity index (χ4n) is 2.15. The van der Waals surface area contributed by atoms with Gasteiger partial charge in [0.2, 0.25) is 0 Å². The highest BCUT2D eigenvalue weighted by atomic mass is 15.0. The lowest BCUT2D eigenvalue weighted by Crippen LogP contribution is -2.31. The highest BCUT2D eigenvalue weighted by molar-refractivity contribution is 5.15. The quantitative estimate of drug-likeness (QED) is 0.640. The summed E-state index contributed by atoms with van der Waals surface area (Å²) in [6.07, 6.45) is 7.51. The van der Waals surface area contributed by atoms with Gasteiger partial charge in [-0.05, 0) is 39.0 Å². The van der Waals surface area contributed by atoms with Crippen molar-refractivity contribution in [3.05, 3.63) is 11.6 Å². The number of rotatable bonds is 6. The van der Waals surface area contributed by atoms with E-state index < -0.39 is 0 Å². The molecule has 1 heteroatoms. The van der Waals surface area contributed by atoms with E-state index >= 15 is 0 Å². The van der Waals surface area contributed by atoms with Gasteiger partial charge in [-0.15, -0.1) is 0 Å². The van der Waals surface area contributed by atoms with Gasteiger partial charge in [-0.2, -0.15) is 0 Å². The van der Waals surface area contributed by atoms with E-state index in [1.54, 1.807) is 5.57 Å². The minimum atomic E-state index is 0.750. The second-order valence-electron chi connectivity index (χ2n) is 4.54. The van der Waals surface area contributed by atoms with Crippen LogP contribution in [0.3, 0.4) is 0 Å². The number of allylic oxidation sites excluding steroid dienone is 1. The molecule has 1 aliphatic rings. The van der Waals surface area contributed by atoms with Crippen molar-refractivity contribution in [3.8, 4) is 0 Å². The zero-order valence-electron chi connectivity index (χ0n) is 10.1. The van der Waals surface area contributed by atoms with E-state index in [0.717, 1.165) is 18.0 Å². The highest BCUT2D eigenvalue weighted by Gasteiger charge is 2.38. The molecule has 3 atom stereocenters. The van der Waals surface area contributed by atoms with E-state index in [-0.39, 0.29) is 0 Å². The smallest absolute Gasteiger partial charge is 0.0142 e. The predicted octanol–water partition coefficient (Wildman–Crippen LogP) is 3.51. The van der Waals surface area contributed by atoms with Gasteiger partial charge in [0.25, 0.3) is 0 Å². The molecule has 1 rings (SSSR count). The summed E-state index contributed by atoms with van der Waals surface area (Å²) in [4.78, 5) is 0. The summed E-state index contributed by atoms with van der Waals surface area (Å²) in [7, 11) is 0. The second-order valence-corrected chi connectivity index (χ2v) is 4.54. The minimum Gasteiger partial charge on any atom is -0.311 e. The molecule has 1 nitrogen and oxygen atoms in total. The lowest BCUT2D eigenvalue weighted by molar-refractivity contribution is 0.453. The first-order valence-electron chi connectivity index (χ1n) is 6.11. The Hall–Kier alpha value is -0.300. The van der Waals surface area contributed by atoms with Crippen LogP contribution >= 0.6 is 0 Å². The Morgan fingerprint density at radius 3 is 2.71 bits per heavy atom. The van der Waals surface area contributed by atoms with Gasteiger partial charge in [-0.25, -0.2) is 0 Å². The average Bonchev–Trinajstić information content (AvgIpc) is 2.95. The van der Waals surface area contributed by atoms with Gasteiger partial charge in [0, 0.05) is 12.1 Å². The third-order valence-corrected chi connectivity index (χ3v) is 3.41. The van der Waals surface area contributed by atoms with Crippen molar-refractivity contribution in [2.24, 2.45) is 5.92 Å². The Morgan fingerprint density at radius 2 is 2.21 bits per heavy atom. The molecule has 0 aromatic carbocycles. The van der Waals surface area contributed by atoms with E-state index in [9.17, 15) is 0 Å². The molecule has 1 fully saturated rings. The van der Waals surface area contributed by atoms with Crippen molar-refractivity contribution in [1.82, 2.24) is 5.32 Å². The number of nitrogens with one attached hydrogen (secondary N) is 1. The van der Waals surface area contributed by atoms with E-state index in [2.05, 4.69) is 39.1 Å². The molecule has 0 aromatic rings. The Balaban J connectivity index is 2.26. The summed E-state index contributed by atoms with van der Waals surface area (Å²) < 4.78 is 0. The van der Waals surface area contributed by atoms with E-state index in [0.29, 0.717) is 0 Å². The van der Waals surface area contributed by atoms with Gasteiger partial charge in [0.1, 0.15) is 0 Å². The topological polar surface area (TPSA) is 12.0 Å². The molecule has 0 aromatic heterocycles. The molecule has 82 valence electrons. The Morgan fingerprint density at radius 1 is 1.50 bits per heavy atom. The normalized spacial score (nSPS) is 29.0. The van der Waals surface area contributed by atoms with Crippen molar-refractivity contribution in [3.63, 3.8) is 0 Å². The number of hydrogen-bond donors (Lipinski definition) is 1. The van der Waals surface area contributed by atoms with Crippen LogP contribution in [0.1, 0.15) is 53.4 Å². The van der Waals surface area contributed by atoms with Crippen LogP contribution in [0.4, 0.5) is 0 Å². The molecule has 0 spiro atoms. The largest absolute Gasteiger partial charge is 0.311 e. The molecular formula is C13H25N. The van der Waals surface area contributed by atoms with Crippen LogP contribution in [-0.2, 0) is 0 Å². The van der Waals surface area contributed by atoms with Crippen molar-refractivity contribution in [1.29, 1.82) is 0 Å². The van der Waals surface area contributed by atoms with Gasteiger partial charge >= 0.3 is 0 Å². The molecule has 0 amide bonds. The molecular weight excluding hydrogens is 170 g/mol. The van der Waals surface area contributed by atoms with E-state index in [1.165, 1.54) is 25.7 Å². The zero-order chi connectivity index (χ0) is 10.6. The van der Waals surface area contributed by atoms with Gasteiger partial charge in [0.15, 0.2) is 0 Å². The fourth-order valence-corrected chi connectivity index (χ4v) is 2.15. The third-order valence-electron chi connectivity index (χ3n) is 3.41. The van der Waals surface area contributed by atoms with Gasteiger partial charge in [-0.1, -0.05) is 31.9 Å². The van der Waals surface area contributed by atoms with Crippen LogP contribution in [0, 0.1) is 5.92 Å². The molecule has 1 aliphatic carbocycles. The maximum atomic E-state index is 3.77. The molecule has 0 saturated heterocycles. The van der Waals surface area contributed by atoms with Gasteiger partial charge in [-0.3, -0.25) is 0 Å². The second kappa shape index (κ2) is 5.55. The molecule has 0 aliphatic heterocycles. The minimum absolute atomic E-state index is 0.750. The summed E-state index contributed by atoms with van der Waals surface area (Å²) in [6.45, 7) is 8.96. The predicted molar refractivity (Wildman–Crippen MR) is 63.4 cm³/mol. The molecule has 14 heavy (non-hydrogen) atoms. The maximum absolute atomic E-state index is 3.77. The molecule has 0 radical (unpaired) electrons. The number of hydrogen-bond acceptors (Lipinski definition) is 1. The van der Waals surface area contributed by atoms with Crippen molar-refractivity contribution in [2.45, 2.75) is 65.5 Å². The van der Waals surface area contributed by atoms with Crippen LogP contribution in [0.2, 0.25) is 0 Å². The summed E-state index contributed by atoms with van der Waals surface area (Å²) >= 11 is 0. The van der Waals surface area contributed by atoms with Crippen molar-refractivity contribution < 1.29 is 0 Å². The maximum Gasteiger partial charge on any atom is 0.0142 e. The Bertz CT molecular complexity index is 195. The molecule has 0 heterocycles. The van der Waals surface area contributed by atoms with E-state index in [4.69, 9.17) is 0 Å². The van der Waals surface area contributed by atoms with E-state index in [1.807, 2.05) is 0 Å². The average molecular weight is 195 g/mol. The monoisotopic (exact) mass is 195 g/mol. The van der Waals surface area contributed by atoms with Crippen LogP contribution in [0.25, 0.3) is 0 Å². The van der Waals surface area contributed by atoms with Crippen LogP contribution in [0.5, 0.6) is 0 Å². The first-order chi connectivity index (χ1) is 6.72. The lowest BCUT2D eigenvalue weighted by Gasteiger charge is -2.16. The van der Waals surface area contributed by atoms with Crippen LogP contribution < -0.4 is 5.32 Å². The molecule has 1 saturated carbocycles. The molecule has 2 unspecified atom stereocenters. The zero-order valence-corrected chi connectivity index (χ0v) is 10.1. The van der Waals surface area contributed by atoms with Gasteiger partial charge < -0.3 is 5.32 Å². The highest BCUT2D eigenvalue weighted by Crippen LogP contribution is 2.37. The van der Waals surface area contributed by atoms with Crippen molar-refractivity contribution >= 4 is 0 Å². The summed E-state index contributed by atoms with van der Waals surface area (Å²) in [6, 6.07) is 1.53. The summed E-state index contributed by atoms with van der Waals surface area (Å²) in [5, 5.41) is 3.77. The van der Waals surface area contributed by atoms with Crippen LogP contribution in [-0.4, -0.2) is 12.1 Å². The molecule has 1 N–H and O–H groups in total. The fraction of sp³-hybridized carbons (Fsp3) is 0.846. The standard InChI is InChI=1S/C13H25N/c1-5-8-11(7-3)14-13-9-12(13)10(4)6-2/h6,11-14H,5,7-9H2,1-4H3/b10-6+/t11-,12?,13?/m0/s1. The summed E-state index contributed by atoms with van der Waals surface area (Å²) in [5.41, 5.74) is 1.56.